The lowest BCUT2D eigenvalue weighted by molar-refractivity contribution is -0.128. The largest absolute Gasteiger partial charge is 0.322 e. The number of hydrogen-bond acceptors (Lipinski definition) is 3. The van der Waals surface area contributed by atoms with Gasteiger partial charge in [-0.3, -0.25) is 9.59 Å². The van der Waals surface area contributed by atoms with E-state index in [1.807, 2.05) is 85.5 Å². The van der Waals surface area contributed by atoms with Crippen molar-refractivity contribution in [1.29, 1.82) is 0 Å². The van der Waals surface area contributed by atoms with Crippen LogP contribution in [0.1, 0.15) is 38.0 Å². The Bertz CT molecular complexity index is 1110. The average Bonchev–Trinajstić information content (AvgIpc) is 3.12. The van der Waals surface area contributed by atoms with Crippen molar-refractivity contribution in [3.05, 3.63) is 99.6 Å². The third-order valence-corrected chi connectivity index (χ3v) is 6.83. The summed E-state index contributed by atoms with van der Waals surface area (Å²) in [5.41, 5.74) is 5.63. The van der Waals surface area contributed by atoms with E-state index < -0.39 is 0 Å². The smallest absolute Gasteiger partial charge is 0.255 e. The molecule has 0 unspecified atom stereocenters. The number of nitrogens with zero attached hydrogens (tertiary/aromatic N) is 1. The van der Waals surface area contributed by atoms with Crippen LogP contribution in [-0.2, 0) is 11.3 Å². The third-order valence-electron chi connectivity index (χ3n) is 5.32. The quantitative estimate of drug-likeness (QED) is 0.519. The lowest BCUT2D eigenvalue weighted by Crippen LogP contribution is -2.27. The van der Waals surface area contributed by atoms with Crippen molar-refractivity contribution in [2.24, 2.45) is 0 Å². The van der Waals surface area contributed by atoms with Gasteiger partial charge in [-0.1, -0.05) is 53.6 Å². The zero-order valence-electron chi connectivity index (χ0n) is 17.4. The third kappa shape index (κ3) is 4.94. The van der Waals surface area contributed by atoms with Gasteiger partial charge in [0.2, 0.25) is 5.91 Å². The van der Waals surface area contributed by atoms with Gasteiger partial charge in [0, 0.05) is 22.8 Å². The van der Waals surface area contributed by atoms with Crippen LogP contribution < -0.4 is 5.32 Å². The molecule has 2 amide bonds. The van der Waals surface area contributed by atoms with Gasteiger partial charge in [0.15, 0.2) is 0 Å². The topological polar surface area (TPSA) is 49.4 Å². The molecule has 6 heteroatoms. The van der Waals surface area contributed by atoms with Crippen molar-refractivity contribution in [3.63, 3.8) is 0 Å². The van der Waals surface area contributed by atoms with Gasteiger partial charge < -0.3 is 10.2 Å². The van der Waals surface area contributed by atoms with E-state index in [2.05, 4.69) is 5.32 Å². The molecular formula is C25H23ClN2O2S. The number of thioether (sulfide) groups is 1. The Labute approximate surface area is 191 Å². The fourth-order valence-corrected chi connectivity index (χ4v) is 4.95. The van der Waals surface area contributed by atoms with E-state index in [1.165, 1.54) is 0 Å². The van der Waals surface area contributed by atoms with E-state index in [-0.39, 0.29) is 17.2 Å². The van der Waals surface area contributed by atoms with Crippen molar-refractivity contribution >= 4 is 40.9 Å². The molecule has 0 radical (unpaired) electrons. The Morgan fingerprint density at radius 1 is 1.06 bits per heavy atom. The predicted molar refractivity (Wildman–Crippen MR) is 128 cm³/mol. The number of halogens is 1. The Hall–Kier alpha value is -2.76. The molecule has 1 heterocycles. The van der Waals surface area contributed by atoms with Crippen LogP contribution in [0.15, 0.2) is 66.7 Å². The van der Waals surface area contributed by atoms with Crippen LogP contribution in [0.2, 0.25) is 5.02 Å². The number of benzene rings is 3. The van der Waals surface area contributed by atoms with Crippen LogP contribution in [0.5, 0.6) is 0 Å². The summed E-state index contributed by atoms with van der Waals surface area (Å²) < 4.78 is 0. The maximum Gasteiger partial charge on any atom is 0.255 e. The first kappa shape index (κ1) is 21.5. The monoisotopic (exact) mass is 450 g/mol. The summed E-state index contributed by atoms with van der Waals surface area (Å²) in [4.78, 5) is 27.0. The van der Waals surface area contributed by atoms with Crippen LogP contribution in [-0.4, -0.2) is 22.5 Å². The molecule has 1 saturated heterocycles. The Kier molecular flexibility index (Phi) is 6.35. The summed E-state index contributed by atoms with van der Waals surface area (Å²) in [5.74, 6) is 0.418. The van der Waals surface area contributed by atoms with E-state index in [1.54, 1.807) is 11.8 Å². The zero-order valence-corrected chi connectivity index (χ0v) is 19.0. The Balaban J connectivity index is 1.48. The molecule has 1 aliphatic rings. The first-order valence-electron chi connectivity index (χ1n) is 10.0. The summed E-state index contributed by atoms with van der Waals surface area (Å²) in [5, 5.41) is 3.58. The highest BCUT2D eigenvalue weighted by Gasteiger charge is 2.32. The normalized spacial score (nSPS) is 15.9. The molecule has 1 atom stereocenters. The van der Waals surface area contributed by atoms with Crippen molar-refractivity contribution in [3.8, 4) is 0 Å². The second-order valence-electron chi connectivity index (χ2n) is 7.71. The van der Waals surface area contributed by atoms with Gasteiger partial charge in [-0.25, -0.2) is 0 Å². The molecule has 4 rings (SSSR count). The van der Waals surface area contributed by atoms with E-state index in [9.17, 15) is 9.59 Å². The van der Waals surface area contributed by atoms with Gasteiger partial charge in [-0.2, -0.15) is 0 Å². The summed E-state index contributed by atoms with van der Waals surface area (Å²) >= 11 is 7.58. The number of anilines is 1. The van der Waals surface area contributed by atoms with Crippen molar-refractivity contribution in [2.45, 2.75) is 25.8 Å². The summed E-state index contributed by atoms with van der Waals surface area (Å²) in [6.45, 7) is 4.54. The molecule has 3 aromatic carbocycles. The van der Waals surface area contributed by atoms with Gasteiger partial charge >= 0.3 is 0 Å². The highest BCUT2D eigenvalue weighted by Crippen LogP contribution is 2.39. The van der Waals surface area contributed by atoms with Crippen LogP contribution in [0, 0.1) is 13.8 Å². The molecule has 0 aromatic heterocycles. The van der Waals surface area contributed by atoms with Gasteiger partial charge in [0.1, 0.15) is 5.37 Å². The molecule has 0 aliphatic carbocycles. The fraction of sp³-hybridized carbons (Fsp3) is 0.200. The number of aryl methyl sites for hydroxylation is 2. The molecular weight excluding hydrogens is 428 g/mol. The lowest BCUT2D eigenvalue weighted by atomic mass is 10.1. The van der Waals surface area contributed by atoms with Gasteiger partial charge in [0.25, 0.3) is 5.91 Å². The number of amides is 2. The summed E-state index contributed by atoms with van der Waals surface area (Å²) in [7, 11) is 0. The highest BCUT2D eigenvalue weighted by atomic mass is 35.5. The number of hydrogen-bond donors (Lipinski definition) is 1. The van der Waals surface area contributed by atoms with E-state index >= 15 is 0 Å². The molecule has 0 spiro atoms. The first-order chi connectivity index (χ1) is 14.9. The Morgan fingerprint density at radius 3 is 2.45 bits per heavy atom. The first-order valence-corrected chi connectivity index (χ1v) is 11.5. The van der Waals surface area contributed by atoms with Crippen LogP contribution in [0.25, 0.3) is 0 Å². The molecule has 31 heavy (non-hydrogen) atoms. The minimum atomic E-state index is -0.147. The molecule has 1 aliphatic heterocycles. The maximum atomic E-state index is 12.7. The van der Waals surface area contributed by atoms with E-state index in [0.717, 1.165) is 27.9 Å². The molecule has 3 aromatic rings. The molecule has 0 bridgehead atoms. The fourth-order valence-electron chi connectivity index (χ4n) is 3.64. The molecule has 0 saturated carbocycles. The second-order valence-corrected chi connectivity index (χ2v) is 9.21. The van der Waals surface area contributed by atoms with E-state index in [0.29, 0.717) is 22.9 Å². The van der Waals surface area contributed by atoms with Crippen molar-refractivity contribution in [2.75, 3.05) is 11.1 Å². The maximum absolute atomic E-state index is 12.7. The van der Waals surface area contributed by atoms with E-state index in [4.69, 9.17) is 11.6 Å². The van der Waals surface area contributed by atoms with Crippen LogP contribution >= 0.6 is 23.4 Å². The minimum Gasteiger partial charge on any atom is -0.322 e. The van der Waals surface area contributed by atoms with Crippen LogP contribution in [0.4, 0.5) is 5.69 Å². The highest BCUT2D eigenvalue weighted by molar-refractivity contribution is 8.00. The molecule has 1 fully saturated rings. The molecule has 4 nitrogen and oxygen atoms in total. The molecule has 1 N–H and O–H groups in total. The van der Waals surface area contributed by atoms with Gasteiger partial charge in [0.05, 0.1) is 5.75 Å². The zero-order chi connectivity index (χ0) is 22.0. The van der Waals surface area contributed by atoms with Crippen LogP contribution in [0.3, 0.4) is 0 Å². The second kappa shape index (κ2) is 9.16. The summed E-state index contributed by atoms with van der Waals surface area (Å²) in [6.07, 6.45) is 0. The summed E-state index contributed by atoms with van der Waals surface area (Å²) in [6, 6.07) is 21.0. The average molecular weight is 451 g/mol. The van der Waals surface area contributed by atoms with Crippen molar-refractivity contribution in [1.82, 2.24) is 4.90 Å². The number of carbonyl (C=O) groups is 2. The number of nitrogens with one attached hydrogen (secondary N) is 1. The number of carbonyl (C=O) groups excluding carboxylic acids is 2. The molecule has 158 valence electrons. The van der Waals surface area contributed by atoms with Crippen molar-refractivity contribution < 1.29 is 9.59 Å². The van der Waals surface area contributed by atoms with Gasteiger partial charge in [-0.15, -0.1) is 11.8 Å². The standard InChI is InChI=1S/C25H23ClN2O2S/c1-16-3-12-22(17(2)13-16)27-24(30)19-6-8-20(9-7-19)25-28(23(29)15-31-25)14-18-4-10-21(26)11-5-18/h3-13,25H,14-15H2,1-2H3,(H,27,30)/t25-/m0/s1. The minimum absolute atomic E-state index is 0.0698. The number of rotatable bonds is 5. The lowest BCUT2D eigenvalue weighted by Gasteiger charge is -2.24. The van der Waals surface area contributed by atoms with Gasteiger partial charge in [-0.05, 0) is 60.9 Å². The Morgan fingerprint density at radius 2 is 1.77 bits per heavy atom. The SMILES string of the molecule is Cc1ccc(NC(=O)c2ccc([C@@H]3SCC(=O)N3Cc3ccc(Cl)cc3)cc2)c(C)c1. The predicted octanol–water partition coefficient (Wildman–Crippen LogP) is 5.98.